The number of urea groups is 1. The fourth-order valence-corrected chi connectivity index (χ4v) is 3.42. The minimum Gasteiger partial charge on any atom is -0.472 e. The molecule has 1 unspecified atom stereocenters. The third kappa shape index (κ3) is 3.08. The van der Waals surface area contributed by atoms with E-state index in [0.29, 0.717) is 6.54 Å². The number of piperidine rings is 1. The highest BCUT2D eigenvalue weighted by Gasteiger charge is 2.48. The Morgan fingerprint density at radius 3 is 2.75 bits per heavy atom. The van der Waals surface area contributed by atoms with Crippen molar-refractivity contribution >= 4 is 17.9 Å². The molecule has 3 rings (SSSR count). The van der Waals surface area contributed by atoms with Crippen LogP contribution in [-0.2, 0) is 11.3 Å². The Balaban J connectivity index is 1.56. The smallest absolute Gasteiger partial charge is 0.322 e. The fraction of sp³-hybridized carbons (Fsp3) is 0.562. The van der Waals surface area contributed by atoms with Crippen molar-refractivity contribution in [3.8, 4) is 0 Å². The zero-order chi connectivity index (χ0) is 17.2. The number of nitrogens with zero attached hydrogens (tertiary/aromatic N) is 2. The minimum atomic E-state index is -0.809. The molecule has 0 aliphatic carbocycles. The van der Waals surface area contributed by atoms with Crippen molar-refractivity contribution in [3.05, 3.63) is 24.2 Å². The van der Waals surface area contributed by atoms with Crippen LogP contribution in [0.5, 0.6) is 0 Å². The van der Waals surface area contributed by atoms with Crippen molar-refractivity contribution in [2.45, 2.75) is 31.8 Å². The lowest BCUT2D eigenvalue weighted by molar-refractivity contribution is -0.125. The highest BCUT2D eigenvalue weighted by Crippen LogP contribution is 2.30. The maximum atomic E-state index is 12.1. The number of carbonyl (C=O) groups excluding carboxylic acids is 2. The molecule has 1 aromatic heterocycles. The van der Waals surface area contributed by atoms with Crippen LogP contribution >= 0.6 is 0 Å². The highest BCUT2D eigenvalue weighted by molar-refractivity contribution is 6.07. The number of amides is 3. The molecule has 130 valence electrons. The zero-order valence-corrected chi connectivity index (χ0v) is 14.0. The van der Waals surface area contributed by atoms with Crippen LogP contribution in [-0.4, -0.2) is 48.5 Å². The van der Waals surface area contributed by atoms with Crippen molar-refractivity contribution in [1.82, 2.24) is 20.9 Å². The van der Waals surface area contributed by atoms with E-state index in [0.717, 1.165) is 37.5 Å². The molecule has 1 aromatic rings. The first-order chi connectivity index (χ1) is 11.5. The second-order valence-electron chi connectivity index (χ2n) is 6.40. The summed E-state index contributed by atoms with van der Waals surface area (Å²) in [7, 11) is 1.76. The van der Waals surface area contributed by atoms with E-state index in [2.05, 4.69) is 25.8 Å². The van der Waals surface area contributed by atoms with Gasteiger partial charge in [-0.2, -0.15) is 0 Å². The van der Waals surface area contributed by atoms with Crippen molar-refractivity contribution in [1.29, 1.82) is 0 Å². The maximum Gasteiger partial charge on any atom is 0.322 e. The Hall–Kier alpha value is -2.51. The van der Waals surface area contributed by atoms with Gasteiger partial charge in [0.15, 0.2) is 5.96 Å². The van der Waals surface area contributed by atoms with Gasteiger partial charge in [0.25, 0.3) is 5.91 Å². The number of hydrogen-bond acceptors (Lipinski definition) is 4. The molecule has 1 atom stereocenters. The van der Waals surface area contributed by atoms with Crippen molar-refractivity contribution in [3.63, 3.8) is 0 Å². The summed E-state index contributed by atoms with van der Waals surface area (Å²) in [5.41, 5.74) is 0.251. The number of nitrogens with one attached hydrogen (secondary N) is 3. The second kappa shape index (κ2) is 6.54. The van der Waals surface area contributed by atoms with E-state index >= 15 is 0 Å². The van der Waals surface area contributed by atoms with Crippen molar-refractivity contribution < 1.29 is 14.0 Å². The Morgan fingerprint density at radius 1 is 1.46 bits per heavy atom. The second-order valence-corrected chi connectivity index (χ2v) is 6.40. The topological polar surface area (TPSA) is 99.0 Å². The van der Waals surface area contributed by atoms with Gasteiger partial charge in [0, 0.05) is 32.2 Å². The van der Waals surface area contributed by atoms with Crippen LogP contribution in [0.25, 0.3) is 0 Å². The van der Waals surface area contributed by atoms with E-state index < -0.39 is 11.6 Å². The first kappa shape index (κ1) is 16.4. The van der Waals surface area contributed by atoms with E-state index in [1.165, 1.54) is 0 Å². The van der Waals surface area contributed by atoms with E-state index in [1.54, 1.807) is 26.5 Å². The first-order valence-electron chi connectivity index (χ1n) is 8.13. The predicted molar refractivity (Wildman–Crippen MR) is 88.3 cm³/mol. The molecule has 0 bridgehead atoms. The molecule has 2 saturated heterocycles. The van der Waals surface area contributed by atoms with Gasteiger partial charge in [-0.1, -0.05) is 0 Å². The van der Waals surface area contributed by atoms with Gasteiger partial charge >= 0.3 is 6.03 Å². The molecule has 0 saturated carbocycles. The minimum absolute atomic E-state index is 0.118. The Bertz CT molecular complexity index is 634. The molecule has 2 aliphatic heterocycles. The summed E-state index contributed by atoms with van der Waals surface area (Å²) in [5.74, 6) is 0.723. The van der Waals surface area contributed by atoms with Crippen LogP contribution in [0.15, 0.2) is 28.0 Å². The molecule has 2 aliphatic rings. The molecule has 3 amide bonds. The highest BCUT2D eigenvalue weighted by atomic mass is 16.3. The molecule has 3 heterocycles. The summed E-state index contributed by atoms with van der Waals surface area (Å²) in [6, 6.07) is 1.51. The van der Waals surface area contributed by atoms with Gasteiger partial charge in [-0.3, -0.25) is 15.1 Å². The Morgan fingerprint density at radius 2 is 2.21 bits per heavy atom. The van der Waals surface area contributed by atoms with Crippen LogP contribution in [0, 0.1) is 5.92 Å². The van der Waals surface area contributed by atoms with E-state index in [9.17, 15) is 9.59 Å². The largest absolute Gasteiger partial charge is 0.472 e. The summed E-state index contributed by atoms with van der Waals surface area (Å²) in [5, 5.41) is 8.43. The van der Waals surface area contributed by atoms with Gasteiger partial charge in [-0.25, -0.2) is 4.79 Å². The van der Waals surface area contributed by atoms with Gasteiger partial charge in [-0.15, -0.1) is 0 Å². The molecular formula is C16H23N5O3. The average Bonchev–Trinajstić information content (AvgIpc) is 3.17. The van der Waals surface area contributed by atoms with Crippen molar-refractivity contribution in [2.75, 3.05) is 20.1 Å². The van der Waals surface area contributed by atoms with Crippen LogP contribution in [0.2, 0.25) is 0 Å². The van der Waals surface area contributed by atoms with Gasteiger partial charge in [0.05, 0.1) is 12.5 Å². The normalized spacial score (nSPS) is 25.6. The van der Waals surface area contributed by atoms with Gasteiger partial charge in [0.2, 0.25) is 0 Å². The molecule has 0 radical (unpaired) electrons. The maximum absolute atomic E-state index is 12.1. The van der Waals surface area contributed by atoms with E-state index in [-0.39, 0.29) is 11.8 Å². The number of imide groups is 1. The number of rotatable bonds is 3. The first-order valence-corrected chi connectivity index (χ1v) is 8.13. The Labute approximate surface area is 140 Å². The quantitative estimate of drug-likeness (QED) is 0.429. The number of carbonyl (C=O) groups is 2. The molecule has 3 N–H and O–H groups in total. The summed E-state index contributed by atoms with van der Waals surface area (Å²) >= 11 is 0. The summed E-state index contributed by atoms with van der Waals surface area (Å²) in [4.78, 5) is 30.0. The van der Waals surface area contributed by atoms with Gasteiger partial charge in [0.1, 0.15) is 5.54 Å². The molecule has 24 heavy (non-hydrogen) atoms. The summed E-state index contributed by atoms with van der Waals surface area (Å²) in [6.07, 6.45) is 4.98. The number of likely N-dealkylation sites (tertiary alicyclic amines) is 1. The number of hydrogen-bond donors (Lipinski definition) is 3. The summed E-state index contributed by atoms with van der Waals surface area (Å²) < 4.78 is 5.06. The van der Waals surface area contributed by atoms with Crippen LogP contribution in [0.4, 0.5) is 4.79 Å². The lowest BCUT2D eigenvalue weighted by atomic mass is 9.79. The lowest BCUT2D eigenvalue weighted by Crippen LogP contribution is -2.55. The molecular weight excluding hydrogens is 310 g/mol. The van der Waals surface area contributed by atoms with Crippen molar-refractivity contribution in [2.24, 2.45) is 10.9 Å². The van der Waals surface area contributed by atoms with Gasteiger partial charge in [-0.05, 0) is 31.7 Å². The molecule has 0 aromatic carbocycles. The summed E-state index contributed by atoms with van der Waals surface area (Å²) in [6.45, 7) is 4.03. The van der Waals surface area contributed by atoms with E-state index in [1.807, 2.05) is 6.07 Å². The third-order valence-corrected chi connectivity index (χ3v) is 4.93. The van der Waals surface area contributed by atoms with E-state index in [4.69, 9.17) is 4.42 Å². The predicted octanol–water partition coefficient (Wildman–Crippen LogP) is 0.665. The third-order valence-electron chi connectivity index (χ3n) is 4.93. The molecule has 0 spiro atoms. The van der Waals surface area contributed by atoms with Gasteiger partial charge < -0.3 is 20.0 Å². The monoisotopic (exact) mass is 333 g/mol. The molecule has 8 nitrogen and oxygen atoms in total. The number of aliphatic imine (C=N–C) groups is 1. The molecule has 8 heteroatoms. The van der Waals surface area contributed by atoms with Crippen LogP contribution in [0.1, 0.15) is 25.3 Å². The lowest BCUT2D eigenvalue weighted by Gasteiger charge is -2.39. The standard InChI is InChI=1S/C16H23N5O3/c1-16(13(22)19-15(23)20-16)12-3-6-21(7-4-12)14(17-2)18-9-11-5-8-24-10-11/h5,8,10,12H,3-4,6-7,9H2,1-2H3,(H,17,18)(H2,19,20,22,23). The zero-order valence-electron chi connectivity index (χ0n) is 14.0. The Kier molecular flexibility index (Phi) is 4.46. The molecule has 2 fully saturated rings. The average molecular weight is 333 g/mol. The number of guanidine groups is 1. The van der Waals surface area contributed by atoms with Crippen LogP contribution in [0.3, 0.4) is 0 Å². The fourth-order valence-electron chi connectivity index (χ4n) is 3.42. The number of furan rings is 1. The van der Waals surface area contributed by atoms with Crippen LogP contribution < -0.4 is 16.0 Å². The SMILES string of the molecule is CN=C(NCc1ccoc1)N1CCC(C2(C)NC(=O)NC2=O)CC1.